The maximum Gasteiger partial charge on any atom is 0.0871 e. The number of hydrogen-bond acceptors (Lipinski definition) is 2. The molecule has 0 bridgehead atoms. The van der Waals surface area contributed by atoms with Crippen LogP contribution in [-0.2, 0) is 0 Å². The van der Waals surface area contributed by atoms with Crippen molar-refractivity contribution in [3.05, 3.63) is 68.7 Å². The third-order valence-electron chi connectivity index (χ3n) is 3.35. The number of halogens is 2. The molecule has 0 spiro atoms. The van der Waals surface area contributed by atoms with E-state index in [1.54, 1.807) is 6.07 Å². The van der Waals surface area contributed by atoms with Crippen LogP contribution in [0.5, 0.6) is 0 Å². The average Bonchev–Trinajstić information content (AvgIpc) is 2.40. The number of aryl methyl sites for hydroxylation is 1. The monoisotopic (exact) mass is 353 g/mol. The number of benzene rings is 2. The summed E-state index contributed by atoms with van der Waals surface area (Å²) in [6.45, 7) is 2.31. The first-order valence-corrected chi connectivity index (χ1v) is 7.59. The van der Waals surface area contributed by atoms with Crippen LogP contribution in [0.4, 0.5) is 0 Å². The molecule has 0 amide bonds. The van der Waals surface area contributed by atoms with Gasteiger partial charge in [0.05, 0.1) is 6.10 Å². The van der Waals surface area contributed by atoms with E-state index in [0.717, 1.165) is 21.2 Å². The van der Waals surface area contributed by atoms with Gasteiger partial charge in [0, 0.05) is 22.0 Å². The molecule has 0 aliphatic rings. The van der Waals surface area contributed by atoms with Gasteiger partial charge in [-0.05, 0) is 41.8 Å². The van der Waals surface area contributed by atoms with Gasteiger partial charge in [0.25, 0.3) is 0 Å². The van der Waals surface area contributed by atoms with Gasteiger partial charge in [-0.3, -0.25) is 0 Å². The van der Waals surface area contributed by atoms with Crippen LogP contribution in [0.2, 0.25) is 5.02 Å². The van der Waals surface area contributed by atoms with E-state index in [1.165, 1.54) is 0 Å². The van der Waals surface area contributed by atoms with E-state index < -0.39 is 6.10 Å². The molecule has 0 fully saturated rings. The first kappa shape index (κ1) is 15.5. The van der Waals surface area contributed by atoms with Crippen molar-refractivity contribution < 1.29 is 5.11 Å². The third-order valence-corrected chi connectivity index (χ3v) is 4.29. The van der Waals surface area contributed by atoms with Crippen molar-refractivity contribution in [3.63, 3.8) is 0 Å². The van der Waals surface area contributed by atoms with Crippen molar-refractivity contribution in [3.8, 4) is 0 Å². The van der Waals surface area contributed by atoms with Crippen LogP contribution >= 0.6 is 27.5 Å². The first-order chi connectivity index (χ1) is 9.52. The summed E-state index contributed by atoms with van der Waals surface area (Å²) in [6.07, 6.45) is -0.684. The normalized spacial score (nSPS) is 14.1. The van der Waals surface area contributed by atoms with Gasteiger partial charge in [-0.15, -0.1) is 0 Å². The molecule has 2 atom stereocenters. The number of aliphatic hydroxyl groups excluding tert-OH is 1. The number of nitrogens with two attached hydrogens (primary N) is 1. The Hall–Kier alpha value is -0.870. The summed E-state index contributed by atoms with van der Waals surface area (Å²) in [4.78, 5) is 0. The molecule has 0 aromatic heterocycles. The van der Waals surface area contributed by atoms with Crippen LogP contribution in [0.1, 0.15) is 28.7 Å². The molecular formula is C16H17BrClNO. The summed E-state index contributed by atoms with van der Waals surface area (Å²) < 4.78 is 0.952. The highest BCUT2D eigenvalue weighted by atomic mass is 79.9. The van der Waals surface area contributed by atoms with E-state index in [0.29, 0.717) is 11.6 Å². The Morgan fingerprint density at radius 3 is 2.55 bits per heavy atom. The Bertz CT molecular complexity index is 583. The lowest BCUT2D eigenvalue weighted by Gasteiger charge is -2.24. The molecule has 2 unspecified atom stereocenters. The van der Waals surface area contributed by atoms with Gasteiger partial charge in [0.2, 0.25) is 0 Å². The van der Waals surface area contributed by atoms with Crippen LogP contribution in [0.3, 0.4) is 0 Å². The van der Waals surface area contributed by atoms with Crippen LogP contribution in [-0.4, -0.2) is 11.7 Å². The summed E-state index contributed by atoms with van der Waals surface area (Å²) >= 11 is 9.58. The first-order valence-electron chi connectivity index (χ1n) is 6.42. The Labute approximate surface area is 132 Å². The molecule has 4 heteroatoms. The third kappa shape index (κ3) is 3.41. The van der Waals surface area contributed by atoms with Crippen molar-refractivity contribution in [1.82, 2.24) is 0 Å². The van der Waals surface area contributed by atoms with Gasteiger partial charge >= 0.3 is 0 Å². The highest BCUT2D eigenvalue weighted by molar-refractivity contribution is 9.10. The minimum absolute atomic E-state index is 0.177. The molecule has 2 aromatic carbocycles. The highest BCUT2D eigenvalue weighted by Crippen LogP contribution is 2.35. The lowest BCUT2D eigenvalue weighted by molar-refractivity contribution is 0.147. The minimum Gasteiger partial charge on any atom is -0.388 e. The van der Waals surface area contributed by atoms with Crippen LogP contribution in [0.25, 0.3) is 0 Å². The van der Waals surface area contributed by atoms with E-state index >= 15 is 0 Å². The summed E-state index contributed by atoms with van der Waals surface area (Å²) in [5.41, 5.74) is 8.69. The predicted octanol–water partition coefficient (Wildman–Crippen LogP) is 4.19. The zero-order chi connectivity index (χ0) is 14.7. The van der Waals surface area contributed by atoms with E-state index in [2.05, 4.69) is 15.9 Å². The quantitative estimate of drug-likeness (QED) is 0.865. The summed E-state index contributed by atoms with van der Waals surface area (Å²) in [6, 6.07) is 13.4. The zero-order valence-electron chi connectivity index (χ0n) is 11.2. The van der Waals surface area contributed by atoms with E-state index in [-0.39, 0.29) is 5.92 Å². The molecule has 0 radical (unpaired) electrons. The zero-order valence-corrected chi connectivity index (χ0v) is 13.5. The molecule has 3 N–H and O–H groups in total. The molecule has 0 saturated heterocycles. The van der Waals surface area contributed by atoms with Crippen LogP contribution < -0.4 is 5.73 Å². The van der Waals surface area contributed by atoms with Crippen molar-refractivity contribution in [1.29, 1.82) is 0 Å². The van der Waals surface area contributed by atoms with Crippen LogP contribution in [0.15, 0.2) is 46.9 Å². The van der Waals surface area contributed by atoms with Gasteiger partial charge < -0.3 is 10.8 Å². The Morgan fingerprint density at radius 1 is 1.25 bits per heavy atom. The standard InChI is InChI=1S/C16H17BrClNO/c1-10-6-11(8-12(18)7-10)16(20)14(9-19)13-4-2-3-5-15(13)17/h2-8,14,16,20H,9,19H2,1H3. The van der Waals surface area contributed by atoms with Gasteiger partial charge in [0.15, 0.2) is 0 Å². The second kappa shape index (κ2) is 6.72. The Balaban J connectivity index is 2.39. The molecule has 0 saturated carbocycles. The Kier molecular flexibility index (Phi) is 5.22. The van der Waals surface area contributed by atoms with Gasteiger partial charge in [0.1, 0.15) is 0 Å². The molecule has 106 valence electrons. The lowest BCUT2D eigenvalue weighted by atomic mass is 9.89. The Morgan fingerprint density at radius 2 is 1.95 bits per heavy atom. The SMILES string of the molecule is Cc1cc(Cl)cc(C(O)C(CN)c2ccccc2Br)c1. The second-order valence-electron chi connectivity index (χ2n) is 4.87. The molecule has 2 aromatic rings. The number of rotatable bonds is 4. The minimum atomic E-state index is -0.684. The van der Waals surface area contributed by atoms with E-state index in [1.807, 2.05) is 43.3 Å². The lowest BCUT2D eigenvalue weighted by Crippen LogP contribution is -2.20. The van der Waals surface area contributed by atoms with Gasteiger partial charge in [-0.25, -0.2) is 0 Å². The van der Waals surface area contributed by atoms with Crippen molar-refractivity contribution in [2.45, 2.75) is 18.9 Å². The average molecular weight is 355 g/mol. The van der Waals surface area contributed by atoms with E-state index in [4.69, 9.17) is 17.3 Å². The topological polar surface area (TPSA) is 46.2 Å². The summed E-state index contributed by atoms with van der Waals surface area (Å²) in [5.74, 6) is -0.177. The van der Waals surface area contributed by atoms with Gasteiger partial charge in [-0.1, -0.05) is 51.8 Å². The van der Waals surface area contributed by atoms with Crippen molar-refractivity contribution in [2.24, 2.45) is 5.73 Å². The van der Waals surface area contributed by atoms with Gasteiger partial charge in [-0.2, -0.15) is 0 Å². The van der Waals surface area contributed by atoms with E-state index in [9.17, 15) is 5.11 Å². The largest absolute Gasteiger partial charge is 0.388 e. The molecular weight excluding hydrogens is 338 g/mol. The second-order valence-corrected chi connectivity index (χ2v) is 6.16. The highest BCUT2D eigenvalue weighted by Gasteiger charge is 2.23. The molecule has 0 aliphatic heterocycles. The maximum atomic E-state index is 10.6. The fourth-order valence-corrected chi connectivity index (χ4v) is 3.25. The molecule has 0 heterocycles. The summed E-state index contributed by atoms with van der Waals surface area (Å²) in [5, 5.41) is 11.3. The number of hydrogen-bond donors (Lipinski definition) is 2. The smallest absolute Gasteiger partial charge is 0.0871 e. The van der Waals surface area contributed by atoms with Crippen molar-refractivity contribution >= 4 is 27.5 Å². The number of aliphatic hydroxyl groups is 1. The maximum absolute atomic E-state index is 10.6. The summed E-state index contributed by atoms with van der Waals surface area (Å²) in [7, 11) is 0. The molecule has 2 nitrogen and oxygen atoms in total. The van der Waals surface area contributed by atoms with Crippen LogP contribution in [0, 0.1) is 6.92 Å². The predicted molar refractivity (Wildman–Crippen MR) is 87.1 cm³/mol. The molecule has 0 aliphatic carbocycles. The molecule has 20 heavy (non-hydrogen) atoms. The fraction of sp³-hybridized carbons (Fsp3) is 0.250. The van der Waals surface area contributed by atoms with Crippen molar-refractivity contribution in [2.75, 3.05) is 6.54 Å². The molecule has 2 rings (SSSR count). The fourth-order valence-electron chi connectivity index (χ4n) is 2.37.